The lowest BCUT2D eigenvalue weighted by atomic mass is 9.92. The maximum atomic E-state index is 13.3. The van der Waals surface area contributed by atoms with Gasteiger partial charge in [0, 0.05) is 14.8 Å². The fourth-order valence-electron chi connectivity index (χ4n) is 4.36. The molecule has 0 bridgehead atoms. The van der Waals surface area contributed by atoms with Crippen LogP contribution in [0.15, 0.2) is 82.6 Å². The second-order valence-corrected chi connectivity index (χ2v) is 9.54. The van der Waals surface area contributed by atoms with Gasteiger partial charge in [0.2, 0.25) is 5.91 Å². The molecule has 0 aromatic heterocycles. The number of hydrogen-bond acceptors (Lipinski definition) is 4. The van der Waals surface area contributed by atoms with E-state index in [-0.39, 0.29) is 12.5 Å². The molecular weight excluding hydrogens is 458 g/mol. The lowest BCUT2D eigenvalue weighted by Crippen LogP contribution is -2.43. The van der Waals surface area contributed by atoms with Crippen LogP contribution in [0, 0.1) is 0 Å². The summed E-state index contributed by atoms with van der Waals surface area (Å²) in [6.07, 6.45) is 1.20. The molecule has 1 atom stereocenters. The molecule has 2 N–H and O–H groups in total. The predicted molar refractivity (Wildman–Crippen MR) is 127 cm³/mol. The van der Waals surface area contributed by atoms with E-state index in [4.69, 9.17) is 11.6 Å². The molecule has 8 heteroatoms. The van der Waals surface area contributed by atoms with Crippen LogP contribution >= 0.6 is 23.4 Å². The van der Waals surface area contributed by atoms with E-state index in [2.05, 4.69) is 10.6 Å². The summed E-state index contributed by atoms with van der Waals surface area (Å²) in [5.41, 5.74) is 1.40. The third-order valence-corrected chi connectivity index (χ3v) is 7.26. The van der Waals surface area contributed by atoms with E-state index in [1.807, 2.05) is 54.6 Å². The molecule has 33 heavy (non-hydrogen) atoms. The fourth-order valence-corrected chi connectivity index (χ4v) is 5.38. The standard InChI is InChI=1S/C25H20ClN3O3S/c26-17-9-11-18(12-10-17)33-21-8-4-3-7-20(21)27-22(30)15-29-23(31)25(28-24(29)32)14-13-16-5-1-2-6-19(16)25/h1-12H,13-15H2,(H,27,30)(H,28,32)/t25-/m0/s1. The van der Waals surface area contributed by atoms with Crippen molar-refractivity contribution in [1.82, 2.24) is 10.2 Å². The van der Waals surface area contributed by atoms with Crippen molar-refractivity contribution in [1.29, 1.82) is 0 Å². The average Bonchev–Trinajstić information content (AvgIpc) is 3.30. The van der Waals surface area contributed by atoms with E-state index in [1.54, 1.807) is 18.2 Å². The zero-order chi connectivity index (χ0) is 23.0. The van der Waals surface area contributed by atoms with Gasteiger partial charge in [0.1, 0.15) is 12.1 Å². The highest BCUT2D eigenvalue weighted by Gasteiger charge is 2.55. The van der Waals surface area contributed by atoms with Crippen molar-refractivity contribution in [2.75, 3.05) is 11.9 Å². The quantitative estimate of drug-likeness (QED) is 0.516. The van der Waals surface area contributed by atoms with Crippen LogP contribution in [0.2, 0.25) is 5.02 Å². The minimum atomic E-state index is -1.07. The predicted octanol–water partition coefficient (Wildman–Crippen LogP) is 4.82. The Morgan fingerprint density at radius 2 is 1.76 bits per heavy atom. The lowest BCUT2D eigenvalue weighted by Gasteiger charge is -2.22. The summed E-state index contributed by atoms with van der Waals surface area (Å²) >= 11 is 7.44. The summed E-state index contributed by atoms with van der Waals surface area (Å²) in [7, 11) is 0. The Bertz CT molecular complexity index is 1260. The molecule has 1 heterocycles. The number of hydrogen-bond donors (Lipinski definition) is 2. The van der Waals surface area contributed by atoms with E-state index in [9.17, 15) is 14.4 Å². The van der Waals surface area contributed by atoms with Crippen molar-refractivity contribution in [3.05, 3.63) is 88.9 Å². The van der Waals surface area contributed by atoms with Gasteiger partial charge in [0.15, 0.2) is 0 Å². The third kappa shape index (κ3) is 3.98. The Kier molecular flexibility index (Phi) is 5.60. The molecule has 1 saturated heterocycles. The second kappa shape index (κ2) is 8.57. The van der Waals surface area contributed by atoms with Gasteiger partial charge in [-0.05, 0) is 60.4 Å². The molecule has 0 unspecified atom stereocenters. The van der Waals surface area contributed by atoms with Gasteiger partial charge < -0.3 is 10.6 Å². The third-order valence-electron chi connectivity index (χ3n) is 5.93. The molecule has 0 saturated carbocycles. The first-order valence-electron chi connectivity index (χ1n) is 10.5. The summed E-state index contributed by atoms with van der Waals surface area (Å²) < 4.78 is 0. The van der Waals surface area contributed by atoms with Crippen LogP contribution in [-0.2, 0) is 21.5 Å². The average molecular weight is 478 g/mol. The first-order chi connectivity index (χ1) is 16.0. The van der Waals surface area contributed by atoms with Crippen LogP contribution in [0.4, 0.5) is 10.5 Å². The second-order valence-electron chi connectivity index (χ2n) is 7.98. The van der Waals surface area contributed by atoms with Crippen LogP contribution in [0.25, 0.3) is 0 Å². The highest BCUT2D eigenvalue weighted by molar-refractivity contribution is 7.99. The molecule has 0 radical (unpaired) electrons. The fraction of sp³-hybridized carbons (Fsp3) is 0.160. The zero-order valence-electron chi connectivity index (χ0n) is 17.5. The van der Waals surface area contributed by atoms with Crippen LogP contribution in [-0.4, -0.2) is 29.3 Å². The topological polar surface area (TPSA) is 78.5 Å². The Labute approximate surface area is 200 Å². The van der Waals surface area contributed by atoms with Gasteiger partial charge in [-0.15, -0.1) is 0 Å². The smallest absolute Gasteiger partial charge is 0.323 e. The molecule has 1 spiro atoms. The number of imide groups is 1. The summed E-state index contributed by atoms with van der Waals surface area (Å²) in [5.74, 6) is -0.817. The number of nitrogens with one attached hydrogen (secondary N) is 2. The number of anilines is 1. The highest BCUT2D eigenvalue weighted by atomic mass is 35.5. The Morgan fingerprint density at radius 1 is 1.03 bits per heavy atom. The van der Waals surface area contributed by atoms with Crippen LogP contribution in [0.5, 0.6) is 0 Å². The molecule has 2 aliphatic rings. The van der Waals surface area contributed by atoms with Gasteiger partial charge in [-0.3, -0.25) is 14.5 Å². The van der Waals surface area contributed by atoms with Gasteiger partial charge in [-0.25, -0.2) is 4.79 Å². The minimum absolute atomic E-state index is 0.353. The SMILES string of the molecule is O=C(CN1C(=O)N[C@]2(CCc3ccccc32)C1=O)Nc1ccccc1Sc1ccc(Cl)cc1. The van der Waals surface area contributed by atoms with Crippen molar-refractivity contribution in [3.8, 4) is 0 Å². The summed E-state index contributed by atoms with van der Waals surface area (Å²) in [5, 5.41) is 6.34. The number of aryl methyl sites for hydroxylation is 1. The number of benzene rings is 3. The molecule has 6 nitrogen and oxygen atoms in total. The maximum absolute atomic E-state index is 13.3. The van der Waals surface area contributed by atoms with E-state index in [0.29, 0.717) is 23.6 Å². The van der Waals surface area contributed by atoms with E-state index >= 15 is 0 Å². The van der Waals surface area contributed by atoms with Crippen LogP contribution in [0.3, 0.4) is 0 Å². The highest BCUT2D eigenvalue weighted by Crippen LogP contribution is 2.41. The normalized spacial score (nSPS) is 19.0. The molecule has 1 aliphatic heterocycles. The summed E-state index contributed by atoms with van der Waals surface area (Å²) in [6.45, 7) is -0.353. The molecule has 3 aromatic rings. The lowest BCUT2D eigenvalue weighted by molar-refractivity contribution is -0.134. The molecular formula is C25H20ClN3O3S. The van der Waals surface area contributed by atoms with E-state index < -0.39 is 17.5 Å². The Morgan fingerprint density at radius 3 is 2.58 bits per heavy atom. The van der Waals surface area contributed by atoms with E-state index in [1.165, 1.54) is 11.8 Å². The number of rotatable bonds is 5. The van der Waals surface area contributed by atoms with Gasteiger partial charge in [0.05, 0.1) is 5.69 Å². The number of fused-ring (bicyclic) bond motifs is 2. The van der Waals surface area contributed by atoms with Gasteiger partial charge in [-0.2, -0.15) is 0 Å². The van der Waals surface area contributed by atoms with Crippen LogP contribution < -0.4 is 10.6 Å². The molecule has 1 aliphatic carbocycles. The number of carbonyl (C=O) groups excluding carboxylic acids is 3. The van der Waals surface area contributed by atoms with Crippen molar-refractivity contribution < 1.29 is 14.4 Å². The molecule has 1 fully saturated rings. The van der Waals surface area contributed by atoms with Crippen LogP contribution in [0.1, 0.15) is 17.5 Å². The maximum Gasteiger partial charge on any atom is 0.325 e. The monoisotopic (exact) mass is 477 g/mol. The van der Waals surface area contributed by atoms with Gasteiger partial charge in [0.25, 0.3) is 5.91 Å². The molecule has 166 valence electrons. The van der Waals surface area contributed by atoms with Crippen molar-refractivity contribution in [2.24, 2.45) is 0 Å². The summed E-state index contributed by atoms with van der Waals surface area (Å²) in [4.78, 5) is 41.6. The number of carbonyl (C=O) groups is 3. The Hall–Kier alpha value is -3.29. The van der Waals surface area contributed by atoms with Gasteiger partial charge >= 0.3 is 6.03 Å². The minimum Gasteiger partial charge on any atom is -0.323 e. The first-order valence-corrected chi connectivity index (χ1v) is 11.7. The molecule has 4 amide bonds. The van der Waals surface area contributed by atoms with Crippen molar-refractivity contribution in [3.63, 3.8) is 0 Å². The largest absolute Gasteiger partial charge is 0.325 e. The number of nitrogens with zero attached hydrogens (tertiary/aromatic N) is 1. The van der Waals surface area contributed by atoms with Gasteiger partial charge in [-0.1, -0.05) is 59.8 Å². The van der Waals surface area contributed by atoms with Crippen molar-refractivity contribution in [2.45, 2.75) is 28.2 Å². The molecule has 5 rings (SSSR count). The zero-order valence-corrected chi connectivity index (χ0v) is 19.1. The number of halogens is 1. The van der Waals surface area contributed by atoms with Crippen molar-refractivity contribution >= 4 is 46.9 Å². The first kappa shape index (κ1) is 21.6. The number of para-hydroxylation sites is 1. The summed E-state index contributed by atoms with van der Waals surface area (Å²) in [6, 6.07) is 21.9. The number of urea groups is 1. The molecule has 3 aromatic carbocycles. The van der Waals surface area contributed by atoms with E-state index in [0.717, 1.165) is 25.8 Å². The number of amides is 4. The Balaban J connectivity index is 1.31.